The van der Waals surface area contributed by atoms with Gasteiger partial charge in [-0.25, -0.2) is 0 Å². The lowest BCUT2D eigenvalue weighted by Crippen LogP contribution is -2.01. The summed E-state index contributed by atoms with van der Waals surface area (Å²) in [5.41, 5.74) is 2.69. The van der Waals surface area contributed by atoms with Crippen molar-refractivity contribution in [2.75, 3.05) is 0 Å². The quantitative estimate of drug-likeness (QED) is 0.661. The standard InChI is InChI=1S/C21H17NO2/c22-14-19-11-12-20(23-15-17-7-3-1-4-8-17)21(13-19)24-16-18-9-5-2-6-10-18/h1-13H,15-16H2/i14+2. The Morgan fingerprint density at radius 1 is 0.667 bits per heavy atom. The summed E-state index contributed by atoms with van der Waals surface area (Å²) in [5.74, 6) is 1.21. The minimum absolute atomic E-state index is 0.428. The second-order valence-corrected chi connectivity index (χ2v) is 5.32. The molecule has 0 bridgehead atoms. The normalized spacial score (nSPS) is 9.96. The third kappa shape index (κ3) is 4.15. The van der Waals surface area contributed by atoms with E-state index in [2.05, 4.69) is 6.07 Å². The Hall–Kier alpha value is -3.25. The predicted octanol–water partition coefficient (Wildman–Crippen LogP) is 4.72. The Morgan fingerprint density at radius 3 is 1.75 bits per heavy atom. The van der Waals surface area contributed by atoms with Crippen LogP contribution in [0, 0.1) is 11.3 Å². The van der Waals surface area contributed by atoms with Gasteiger partial charge in [0, 0.05) is 6.07 Å². The maximum absolute atomic E-state index is 9.10. The summed E-state index contributed by atoms with van der Waals surface area (Å²) < 4.78 is 11.8. The fourth-order valence-corrected chi connectivity index (χ4v) is 2.28. The third-order valence-electron chi connectivity index (χ3n) is 3.55. The topological polar surface area (TPSA) is 42.2 Å². The van der Waals surface area contributed by atoms with Gasteiger partial charge in [0.15, 0.2) is 11.5 Å². The molecule has 0 aliphatic carbocycles. The van der Waals surface area contributed by atoms with Crippen LogP contribution in [0.1, 0.15) is 16.7 Å². The zero-order valence-electron chi connectivity index (χ0n) is 13.2. The summed E-state index contributed by atoms with van der Waals surface area (Å²) in [5, 5.41) is 9.10. The van der Waals surface area contributed by atoms with Crippen LogP contribution in [-0.2, 0) is 13.2 Å². The number of rotatable bonds is 6. The van der Waals surface area contributed by atoms with Crippen LogP contribution in [0.4, 0.5) is 0 Å². The van der Waals surface area contributed by atoms with Gasteiger partial charge < -0.3 is 9.47 Å². The lowest BCUT2D eigenvalue weighted by molar-refractivity contribution is 0.256. The molecular formula is C21H17NO2. The second kappa shape index (κ2) is 7.85. The average Bonchev–Trinajstić information content (AvgIpc) is 2.66. The van der Waals surface area contributed by atoms with Crippen molar-refractivity contribution in [1.82, 2.24) is 0 Å². The lowest BCUT2D eigenvalue weighted by atomic mass is 10.2. The van der Waals surface area contributed by atoms with Gasteiger partial charge in [-0.05, 0) is 23.3 Å². The zero-order chi connectivity index (χ0) is 16.6. The molecule has 0 saturated heterocycles. The fourth-order valence-electron chi connectivity index (χ4n) is 2.28. The predicted molar refractivity (Wildman–Crippen MR) is 92.7 cm³/mol. The molecule has 3 nitrogen and oxygen atoms in total. The number of hydrogen-bond acceptors (Lipinski definition) is 3. The third-order valence-corrected chi connectivity index (χ3v) is 3.55. The first-order valence-corrected chi connectivity index (χ1v) is 7.73. The largest absolute Gasteiger partial charge is 0.485 e. The smallest absolute Gasteiger partial charge is 0.163 e. The first kappa shape index (κ1) is 15.6. The van der Waals surface area contributed by atoms with E-state index in [1.54, 1.807) is 18.2 Å². The van der Waals surface area contributed by atoms with Crippen LogP contribution < -0.4 is 9.47 Å². The highest BCUT2D eigenvalue weighted by molar-refractivity contribution is 5.47. The second-order valence-electron chi connectivity index (χ2n) is 5.32. The van der Waals surface area contributed by atoms with E-state index in [1.807, 2.05) is 60.7 Å². The lowest BCUT2D eigenvalue weighted by Gasteiger charge is -2.13. The number of nitrogens with zero attached hydrogens (tertiary/aromatic N) is 1. The summed E-state index contributed by atoms with van der Waals surface area (Å²) in [7, 11) is 0. The van der Waals surface area contributed by atoms with Gasteiger partial charge in [-0.15, -0.1) is 0 Å². The molecule has 0 aliphatic heterocycles. The molecule has 0 fully saturated rings. The van der Waals surface area contributed by atoms with E-state index >= 15 is 0 Å². The number of nitriles is 1. The summed E-state index contributed by atoms with van der Waals surface area (Å²) in [6, 6.07) is 27.2. The van der Waals surface area contributed by atoms with Gasteiger partial charge in [-0.1, -0.05) is 60.7 Å². The molecule has 3 aromatic rings. The van der Waals surface area contributed by atoms with E-state index in [9.17, 15) is 0 Å². The van der Waals surface area contributed by atoms with Crippen LogP contribution in [0.15, 0.2) is 78.9 Å². The van der Waals surface area contributed by atoms with Crippen LogP contribution >= 0.6 is 0 Å². The molecular weight excluding hydrogens is 300 g/mol. The molecule has 3 rings (SSSR count). The Bertz CT molecular complexity index is 823. The Labute approximate surface area is 141 Å². The van der Waals surface area contributed by atoms with Crippen molar-refractivity contribution >= 4 is 0 Å². The van der Waals surface area contributed by atoms with Crippen LogP contribution in [0.5, 0.6) is 11.5 Å². The van der Waals surface area contributed by atoms with Gasteiger partial charge >= 0.3 is 0 Å². The van der Waals surface area contributed by atoms with Gasteiger partial charge in [-0.3, -0.25) is 0 Å². The number of ether oxygens (including phenoxy) is 2. The van der Waals surface area contributed by atoms with Crippen LogP contribution in [-0.4, -0.2) is 0 Å². The first-order chi connectivity index (χ1) is 11.8. The molecule has 0 spiro atoms. The van der Waals surface area contributed by atoms with Crippen molar-refractivity contribution in [3.05, 3.63) is 95.6 Å². The summed E-state index contributed by atoms with van der Waals surface area (Å²) in [4.78, 5) is 0. The highest BCUT2D eigenvalue weighted by Gasteiger charge is 2.08. The Morgan fingerprint density at radius 2 is 1.21 bits per heavy atom. The van der Waals surface area contributed by atoms with Crippen LogP contribution in [0.2, 0.25) is 0 Å². The van der Waals surface area contributed by atoms with Gasteiger partial charge in [0.2, 0.25) is 0 Å². The molecule has 0 amide bonds. The van der Waals surface area contributed by atoms with E-state index in [0.717, 1.165) is 11.1 Å². The molecule has 0 radical (unpaired) electrons. The highest BCUT2D eigenvalue weighted by Crippen LogP contribution is 2.29. The Kier molecular flexibility index (Phi) is 5.11. The minimum Gasteiger partial charge on any atom is -0.485 e. The number of benzene rings is 3. The average molecular weight is 317 g/mol. The van der Waals surface area contributed by atoms with Crippen molar-refractivity contribution < 1.29 is 9.47 Å². The molecule has 0 unspecified atom stereocenters. The molecule has 118 valence electrons. The maximum Gasteiger partial charge on any atom is 0.163 e. The van der Waals surface area contributed by atoms with E-state index in [0.29, 0.717) is 30.3 Å². The van der Waals surface area contributed by atoms with E-state index in [1.165, 1.54) is 0 Å². The van der Waals surface area contributed by atoms with Gasteiger partial charge in [0.1, 0.15) is 13.2 Å². The van der Waals surface area contributed by atoms with Crippen molar-refractivity contribution in [1.29, 1.82) is 5.26 Å². The van der Waals surface area contributed by atoms with Crippen molar-refractivity contribution in [3.63, 3.8) is 0 Å². The first-order valence-electron chi connectivity index (χ1n) is 7.73. The molecule has 0 saturated carbocycles. The highest BCUT2D eigenvalue weighted by atomic mass is 16.5. The fraction of sp³-hybridized carbons (Fsp3) is 0.0952. The molecule has 0 aromatic heterocycles. The molecule has 24 heavy (non-hydrogen) atoms. The van der Waals surface area contributed by atoms with Crippen molar-refractivity contribution in [3.8, 4) is 17.6 Å². The van der Waals surface area contributed by atoms with Crippen LogP contribution in [0.3, 0.4) is 0 Å². The van der Waals surface area contributed by atoms with Crippen molar-refractivity contribution in [2.45, 2.75) is 13.2 Å². The van der Waals surface area contributed by atoms with E-state index < -0.39 is 0 Å². The van der Waals surface area contributed by atoms with Crippen LogP contribution in [0.25, 0.3) is 0 Å². The number of hydrogen-bond donors (Lipinski definition) is 0. The monoisotopic (exact) mass is 317 g/mol. The molecule has 0 heterocycles. The van der Waals surface area contributed by atoms with Gasteiger partial charge in [0.05, 0.1) is 11.6 Å². The SMILES string of the molecule is N#[14C]c1ccc(OCc2ccccc2)c(OCc2ccccc2)c1. The van der Waals surface area contributed by atoms with Crippen molar-refractivity contribution in [2.24, 2.45) is 0 Å². The summed E-state index contributed by atoms with van der Waals surface area (Å²) in [6.45, 7) is 0.881. The maximum atomic E-state index is 9.10. The Balaban J connectivity index is 1.74. The van der Waals surface area contributed by atoms with E-state index in [-0.39, 0.29) is 0 Å². The molecule has 0 N–H and O–H groups in total. The molecule has 0 atom stereocenters. The summed E-state index contributed by atoms with van der Waals surface area (Å²) >= 11 is 0. The van der Waals surface area contributed by atoms with Gasteiger partial charge in [0.25, 0.3) is 0 Å². The van der Waals surface area contributed by atoms with Gasteiger partial charge in [-0.2, -0.15) is 5.26 Å². The van der Waals surface area contributed by atoms with E-state index in [4.69, 9.17) is 14.7 Å². The molecule has 3 heteroatoms. The molecule has 0 aliphatic rings. The zero-order valence-corrected chi connectivity index (χ0v) is 13.2. The summed E-state index contributed by atoms with van der Waals surface area (Å²) in [6.07, 6.45) is 0. The minimum atomic E-state index is 0.428. The molecule has 3 aromatic carbocycles.